The van der Waals surface area contributed by atoms with Crippen LogP contribution in [0.2, 0.25) is 0 Å². The summed E-state index contributed by atoms with van der Waals surface area (Å²) in [6, 6.07) is 0. The monoisotopic (exact) mass is 338 g/mol. The molecule has 0 amide bonds. The Balaban J connectivity index is 4.84. The first-order valence-electron chi connectivity index (χ1n) is 7.23. The maximum absolute atomic E-state index is 13.9. The van der Waals surface area contributed by atoms with E-state index in [0.717, 1.165) is 7.11 Å². The van der Waals surface area contributed by atoms with Crippen molar-refractivity contribution >= 4 is 17.9 Å². The fourth-order valence-electron chi connectivity index (χ4n) is 1.52. The Labute approximate surface area is 134 Å². The molecule has 134 valence electrons. The van der Waals surface area contributed by atoms with Crippen LogP contribution in [0.5, 0.6) is 0 Å². The molecule has 1 atom stereocenters. The van der Waals surface area contributed by atoms with E-state index < -0.39 is 47.9 Å². The minimum atomic E-state index is -3.99. The van der Waals surface area contributed by atoms with Crippen LogP contribution < -0.4 is 0 Å². The van der Waals surface area contributed by atoms with Crippen molar-refractivity contribution in [3.8, 4) is 0 Å². The van der Waals surface area contributed by atoms with Gasteiger partial charge in [0.1, 0.15) is 0 Å². The number of rotatable bonds is 8. The van der Waals surface area contributed by atoms with Gasteiger partial charge in [-0.05, 0) is 26.2 Å². The molecule has 0 rings (SSSR count). The summed E-state index contributed by atoms with van der Waals surface area (Å²) in [5, 5.41) is 0. The zero-order valence-corrected chi connectivity index (χ0v) is 14.3. The van der Waals surface area contributed by atoms with Gasteiger partial charge in [0.25, 0.3) is 0 Å². The minimum absolute atomic E-state index is 0.482. The second-order valence-corrected chi connectivity index (χ2v) is 6.08. The quantitative estimate of drug-likeness (QED) is 0.499. The SMILES string of the molecule is CCC(C)(C)C(=O)OCC(=O)OC(C(C)C)C(F)(F)C(=O)OC. The number of carbonyl (C=O) groups excluding carboxylic acids is 3. The lowest BCUT2D eigenvalue weighted by atomic mass is 9.91. The molecule has 0 aliphatic heterocycles. The van der Waals surface area contributed by atoms with Crippen LogP contribution in [0.3, 0.4) is 0 Å². The molecule has 0 saturated carbocycles. The van der Waals surface area contributed by atoms with Crippen molar-refractivity contribution in [3.63, 3.8) is 0 Å². The summed E-state index contributed by atoms with van der Waals surface area (Å²) in [7, 11) is 0.810. The van der Waals surface area contributed by atoms with Crippen molar-refractivity contribution < 1.29 is 37.4 Å². The van der Waals surface area contributed by atoms with Gasteiger partial charge in [-0.25, -0.2) is 9.59 Å². The van der Waals surface area contributed by atoms with Gasteiger partial charge in [-0.1, -0.05) is 20.8 Å². The van der Waals surface area contributed by atoms with Crippen molar-refractivity contribution in [2.24, 2.45) is 11.3 Å². The Kier molecular flexibility index (Phi) is 7.60. The molecule has 0 fully saturated rings. The molecule has 1 unspecified atom stereocenters. The van der Waals surface area contributed by atoms with Gasteiger partial charge in [0.05, 0.1) is 12.5 Å². The van der Waals surface area contributed by atoms with Crippen LogP contribution in [0.25, 0.3) is 0 Å². The molecule has 6 nitrogen and oxygen atoms in total. The number of halogens is 2. The van der Waals surface area contributed by atoms with Gasteiger partial charge in [-0.2, -0.15) is 8.78 Å². The number of hydrogen-bond donors (Lipinski definition) is 0. The van der Waals surface area contributed by atoms with Gasteiger partial charge in [0, 0.05) is 0 Å². The molecule has 0 N–H and O–H groups in total. The predicted molar refractivity (Wildman–Crippen MR) is 76.7 cm³/mol. The smallest absolute Gasteiger partial charge is 0.380 e. The van der Waals surface area contributed by atoms with Gasteiger partial charge in [0.2, 0.25) is 0 Å². The predicted octanol–water partition coefficient (Wildman–Crippen LogP) is 2.34. The zero-order chi connectivity index (χ0) is 18.4. The summed E-state index contributed by atoms with van der Waals surface area (Å²) in [5.74, 6) is -8.44. The van der Waals surface area contributed by atoms with Gasteiger partial charge < -0.3 is 14.2 Å². The molecular weight excluding hydrogens is 314 g/mol. The summed E-state index contributed by atoms with van der Waals surface area (Å²) in [6.07, 6.45) is -1.53. The zero-order valence-electron chi connectivity index (χ0n) is 14.3. The second-order valence-electron chi connectivity index (χ2n) is 6.08. The highest BCUT2D eigenvalue weighted by Crippen LogP contribution is 2.29. The fraction of sp³-hybridized carbons (Fsp3) is 0.800. The third-order valence-corrected chi connectivity index (χ3v) is 3.44. The van der Waals surface area contributed by atoms with Crippen molar-refractivity contribution in [1.29, 1.82) is 0 Å². The van der Waals surface area contributed by atoms with E-state index in [0.29, 0.717) is 6.42 Å². The van der Waals surface area contributed by atoms with E-state index >= 15 is 0 Å². The van der Waals surface area contributed by atoms with Crippen molar-refractivity contribution in [1.82, 2.24) is 0 Å². The number of esters is 3. The number of methoxy groups -OCH3 is 1. The molecule has 0 aromatic heterocycles. The Morgan fingerprint density at radius 3 is 2.00 bits per heavy atom. The third-order valence-electron chi connectivity index (χ3n) is 3.44. The average molecular weight is 338 g/mol. The van der Waals surface area contributed by atoms with Crippen molar-refractivity contribution in [2.45, 2.75) is 53.1 Å². The molecule has 0 aliphatic carbocycles. The summed E-state index contributed by atoms with van der Waals surface area (Å²) < 4.78 is 41.2. The second kappa shape index (κ2) is 8.21. The highest BCUT2D eigenvalue weighted by molar-refractivity contribution is 5.81. The molecular formula is C15H24F2O6. The van der Waals surface area contributed by atoms with Crippen LogP contribution in [-0.2, 0) is 28.6 Å². The summed E-state index contributed by atoms with van der Waals surface area (Å²) >= 11 is 0. The van der Waals surface area contributed by atoms with E-state index in [9.17, 15) is 23.2 Å². The van der Waals surface area contributed by atoms with E-state index in [4.69, 9.17) is 4.74 Å². The van der Waals surface area contributed by atoms with Crippen LogP contribution >= 0.6 is 0 Å². The Hall–Kier alpha value is -1.73. The van der Waals surface area contributed by atoms with E-state index in [1.165, 1.54) is 13.8 Å². The molecule has 0 saturated heterocycles. The van der Waals surface area contributed by atoms with E-state index in [2.05, 4.69) is 9.47 Å². The van der Waals surface area contributed by atoms with Gasteiger partial charge in [0.15, 0.2) is 12.7 Å². The van der Waals surface area contributed by atoms with Gasteiger partial charge in [-0.15, -0.1) is 0 Å². The average Bonchev–Trinajstić information content (AvgIpc) is 2.48. The molecule has 23 heavy (non-hydrogen) atoms. The molecule has 0 spiro atoms. The molecule has 0 aromatic rings. The number of alkyl halides is 2. The van der Waals surface area contributed by atoms with Crippen LogP contribution in [0, 0.1) is 11.3 Å². The first-order valence-corrected chi connectivity index (χ1v) is 7.23. The Bertz CT molecular complexity index is 445. The normalized spacial score (nSPS) is 13.4. The molecule has 8 heteroatoms. The maximum Gasteiger partial charge on any atom is 0.380 e. The lowest BCUT2D eigenvalue weighted by Gasteiger charge is -2.27. The first kappa shape index (κ1) is 21.3. The summed E-state index contributed by atoms with van der Waals surface area (Å²) in [4.78, 5) is 34.5. The van der Waals surface area contributed by atoms with Crippen LogP contribution in [0.15, 0.2) is 0 Å². The number of hydrogen-bond acceptors (Lipinski definition) is 6. The minimum Gasteiger partial charge on any atom is -0.464 e. The summed E-state index contributed by atoms with van der Waals surface area (Å²) in [5.41, 5.74) is -0.798. The van der Waals surface area contributed by atoms with Crippen molar-refractivity contribution in [3.05, 3.63) is 0 Å². The topological polar surface area (TPSA) is 78.9 Å². The van der Waals surface area contributed by atoms with Crippen LogP contribution in [0.4, 0.5) is 8.78 Å². The molecule has 0 aromatic carbocycles. The Morgan fingerprint density at radius 2 is 1.61 bits per heavy atom. The number of ether oxygens (including phenoxy) is 3. The van der Waals surface area contributed by atoms with E-state index in [1.807, 2.05) is 0 Å². The maximum atomic E-state index is 13.9. The molecule has 0 heterocycles. The first-order chi connectivity index (χ1) is 10.4. The summed E-state index contributed by atoms with van der Waals surface area (Å²) in [6.45, 7) is 6.95. The van der Waals surface area contributed by atoms with E-state index in [1.54, 1.807) is 20.8 Å². The lowest BCUT2D eigenvalue weighted by molar-refractivity contribution is -0.204. The third kappa shape index (κ3) is 5.76. The lowest BCUT2D eigenvalue weighted by Crippen LogP contribution is -2.48. The largest absolute Gasteiger partial charge is 0.464 e. The molecule has 0 radical (unpaired) electrons. The molecule has 0 aliphatic rings. The van der Waals surface area contributed by atoms with Gasteiger partial charge in [-0.3, -0.25) is 4.79 Å². The molecule has 0 bridgehead atoms. The highest BCUT2D eigenvalue weighted by Gasteiger charge is 2.52. The van der Waals surface area contributed by atoms with Gasteiger partial charge >= 0.3 is 23.8 Å². The van der Waals surface area contributed by atoms with Crippen LogP contribution in [0.1, 0.15) is 41.0 Å². The Morgan fingerprint density at radius 1 is 1.09 bits per heavy atom. The number of carbonyl (C=O) groups is 3. The highest BCUT2D eigenvalue weighted by atomic mass is 19.3. The standard InChI is InChI=1S/C15H24F2O6/c1-7-14(4,5)12(19)22-8-10(18)23-11(9(2)3)15(16,17)13(20)21-6/h9,11H,7-8H2,1-6H3. The fourth-order valence-corrected chi connectivity index (χ4v) is 1.52. The van der Waals surface area contributed by atoms with E-state index in [-0.39, 0.29) is 0 Å². The van der Waals surface area contributed by atoms with Crippen molar-refractivity contribution in [2.75, 3.05) is 13.7 Å². The van der Waals surface area contributed by atoms with Crippen LogP contribution in [-0.4, -0.2) is 43.7 Å².